The summed E-state index contributed by atoms with van der Waals surface area (Å²) < 4.78 is 11.6. The summed E-state index contributed by atoms with van der Waals surface area (Å²) in [7, 11) is 0. The molecule has 3 heteroatoms. The normalized spacial score (nSPS) is 21.3. The Bertz CT molecular complexity index is 565. The van der Waals surface area contributed by atoms with E-state index in [9.17, 15) is 5.11 Å². The summed E-state index contributed by atoms with van der Waals surface area (Å²) in [5.41, 5.74) is 1.15. The van der Waals surface area contributed by atoms with Crippen molar-refractivity contribution < 1.29 is 14.6 Å². The van der Waals surface area contributed by atoms with Crippen LogP contribution in [0.4, 0.5) is 0 Å². The van der Waals surface area contributed by atoms with Gasteiger partial charge in [-0.3, -0.25) is 0 Å². The Labute approximate surface area is 131 Å². The molecular weight excluding hydrogens is 276 g/mol. The van der Waals surface area contributed by atoms with Gasteiger partial charge in [-0.05, 0) is 49.1 Å². The highest BCUT2D eigenvalue weighted by Crippen LogP contribution is 2.25. The maximum atomic E-state index is 9.95. The van der Waals surface area contributed by atoms with Crippen LogP contribution in [0.1, 0.15) is 31.2 Å². The van der Waals surface area contributed by atoms with E-state index in [-0.39, 0.29) is 12.2 Å². The minimum absolute atomic E-state index is 0.0789. The van der Waals surface area contributed by atoms with E-state index in [1.165, 1.54) is 0 Å². The first kappa shape index (κ1) is 14.9. The van der Waals surface area contributed by atoms with Crippen molar-refractivity contribution in [1.29, 1.82) is 0 Å². The molecule has 0 aliphatic heterocycles. The molecule has 0 spiro atoms. The molecule has 2 unspecified atom stereocenters. The Kier molecular flexibility index (Phi) is 4.96. The van der Waals surface area contributed by atoms with Crippen molar-refractivity contribution in [3.05, 3.63) is 60.2 Å². The summed E-state index contributed by atoms with van der Waals surface area (Å²) in [4.78, 5) is 0. The van der Waals surface area contributed by atoms with Crippen LogP contribution in [0.5, 0.6) is 11.5 Å². The highest BCUT2D eigenvalue weighted by atomic mass is 16.5. The van der Waals surface area contributed by atoms with Crippen molar-refractivity contribution in [2.45, 2.75) is 44.5 Å². The number of hydrogen-bond acceptors (Lipinski definition) is 3. The van der Waals surface area contributed by atoms with Crippen LogP contribution in [0.25, 0.3) is 0 Å². The number of aliphatic hydroxyl groups is 1. The van der Waals surface area contributed by atoms with Gasteiger partial charge in [0, 0.05) is 0 Å². The number of hydrogen-bond donors (Lipinski definition) is 1. The molecule has 22 heavy (non-hydrogen) atoms. The van der Waals surface area contributed by atoms with E-state index in [1.807, 2.05) is 54.6 Å². The Morgan fingerprint density at radius 2 is 1.55 bits per heavy atom. The largest absolute Gasteiger partial charge is 0.489 e. The predicted molar refractivity (Wildman–Crippen MR) is 86.1 cm³/mol. The van der Waals surface area contributed by atoms with Crippen molar-refractivity contribution in [2.75, 3.05) is 0 Å². The molecule has 0 aromatic heterocycles. The lowest BCUT2D eigenvalue weighted by Gasteiger charge is -2.28. The second-order valence-electron chi connectivity index (χ2n) is 5.75. The lowest BCUT2D eigenvalue weighted by Crippen LogP contribution is -2.34. The molecule has 2 aromatic carbocycles. The van der Waals surface area contributed by atoms with Crippen LogP contribution in [0, 0.1) is 0 Å². The molecule has 2 aromatic rings. The summed E-state index contributed by atoms with van der Waals surface area (Å²) in [6, 6.07) is 17.7. The quantitative estimate of drug-likeness (QED) is 0.908. The second-order valence-corrected chi connectivity index (χ2v) is 5.75. The molecule has 1 fully saturated rings. The predicted octanol–water partition coefficient (Wildman–Crippen LogP) is 3.95. The Balaban J connectivity index is 1.53. The van der Waals surface area contributed by atoms with E-state index < -0.39 is 0 Å². The molecule has 2 atom stereocenters. The summed E-state index contributed by atoms with van der Waals surface area (Å²) in [6.45, 7) is 0.558. The lowest BCUT2D eigenvalue weighted by atomic mass is 9.95. The summed E-state index contributed by atoms with van der Waals surface area (Å²) in [5.74, 6) is 1.61. The van der Waals surface area contributed by atoms with Gasteiger partial charge in [0.15, 0.2) is 0 Å². The lowest BCUT2D eigenvalue weighted by molar-refractivity contribution is 0.00685. The fourth-order valence-corrected chi connectivity index (χ4v) is 2.74. The van der Waals surface area contributed by atoms with Gasteiger partial charge in [0.1, 0.15) is 24.2 Å². The highest BCUT2D eigenvalue weighted by Gasteiger charge is 2.24. The Morgan fingerprint density at radius 1 is 0.864 bits per heavy atom. The number of rotatable bonds is 5. The molecule has 116 valence electrons. The van der Waals surface area contributed by atoms with Gasteiger partial charge in [0.25, 0.3) is 0 Å². The van der Waals surface area contributed by atoms with E-state index in [4.69, 9.17) is 9.47 Å². The van der Waals surface area contributed by atoms with Gasteiger partial charge in [0.2, 0.25) is 0 Å². The molecule has 0 saturated heterocycles. The van der Waals surface area contributed by atoms with E-state index in [0.717, 1.165) is 42.7 Å². The fraction of sp³-hybridized carbons (Fsp3) is 0.368. The van der Waals surface area contributed by atoms with Crippen LogP contribution in [0.3, 0.4) is 0 Å². The minimum Gasteiger partial charge on any atom is -0.489 e. The van der Waals surface area contributed by atoms with Crippen molar-refractivity contribution in [3.8, 4) is 11.5 Å². The van der Waals surface area contributed by atoms with Gasteiger partial charge < -0.3 is 14.6 Å². The van der Waals surface area contributed by atoms with Crippen molar-refractivity contribution in [3.63, 3.8) is 0 Å². The molecule has 0 radical (unpaired) electrons. The molecule has 3 nitrogen and oxygen atoms in total. The van der Waals surface area contributed by atoms with Gasteiger partial charge in [-0.1, -0.05) is 36.8 Å². The number of benzene rings is 2. The van der Waals surface area contributed by atoms with Crippen LogP contribution in [0.2, 0.25) is 0 Å². The van der Waals surface area contributed by atoms with Crippen LogP contribution < -0.4 is 9.47 Å². The van der Waals surface area contributed by atoms with E-state index in [0.29, 0.717) is 6.61 Å². The average molecular weight is 298 g/mol. The third-order valence-electron chi connectivity index (χ3n) is 4.03. The van der Waals surface area contributed by atoms with Crippen LogP contribution in [-0.4, -0.2) is 17.3 Å². The van der Waals surface area contributed by atoms with Crippen LogP contribution in [-0.2, 0) is 6.61 Å². The Morgan fingerprint density at radius 3 is 2.27 bits per heavy atom. The molecule has 1 N–H and O–H groups in total. The standard InChI is InChI=1S/C19H22O3/c20-18-8-4-5-9-19(18)22-17-12-10-16(11-13-17)21-14-15-6-2-1-3-7-15/h1-3,6-7,10-13,18-20H,4-5,8-9,14H2. The van der Waals surface area contributed by atoms with Crippen LogP contribution >= 0.6 is 0 Å². The molecule has 1 saturated carbocycles. The van der Waals surface area contributed by atoms with Gasteiger partial charge in [-0.15, -0.1) is 0 Å². The first-order chi connectivity index (χ1) is 10.8. The van der Waals surface area contributed by atoms with Gasteiger partial charge in [-0.2, -0.15) is 0 Å². The first-order valence-electron chi connectivity index (χ1n) is 7.93. The van der Waals surface area contributed by atoms with Gasteiger partial charge in [-0.25, -0.2) is 0 Å². The molecule has 1 aliphatic rings. The zero-order valence-corrected chi connectivity index (χ0v) is 12.7. The third kappa shape index (κ3) is 4.01. The Hall–Kier alpha value is -2.00. The average Bonchev–Trinajstić information content (AvgIpc) is 2.57. The zero-order valence-electron chi connectivity index (χ0n) is 12.7. The first-order valence-corrected chi connectivity index (χ1v) is 7.93. The molecule has 0 heterocycles. The molecule has 1 aliphatic carbocycles. The number of aliphatic hydroxyl groups excluding tert-OH is 1. The van der Waals surface area contributed by atoms with E-state index >= 15 is 0 Å². The maximum absolute atomic E-state index is 9.95. The fourth-order valence-electron chi connectivity index (χ4n) is 2.74. The summed E-state index contributed by atoms with van der Waals surface area (Å²) >= 11 is 0. The molecule has 0 amide bonds. The van der Waals surface area contributed by atoms with Crippen LogP contribution in [0.15, 0.2) is 54.6 Å². The zero-order chi connectivity index (χ0) is 15.2. The SMILES string of the molecule is OC1CCCCC1Oc1ccc(OCc2ccccc2)cc1. The third-order valence-corrected chi connectivity index (χ3v) is 4.03. The van der Waals surface area contributed by atoms with E-state index in [2.05, 4.69) is 0 Å². The number of ether oxygens (including phenoxy) is 2. The topological polar surface area (TPSA) is 38.7 Å². The second kappa shape index (κ2) is 7.32. The smallest absolute Gasteiger partial charge is 0.124 e. The maximum Gasteiger partial charge on any atom is 0.124 e. The highest BCUT2D eigenvalue weighted by molar-refractivity contribution is 5.31. The van der Waals surface area contributed by atoms with Crippen molar-refractivity contribution in [1.82, 2.24) is 0 Å². The molecular formula is C19H22O3. The molecule has 0 bridgehead atoms. The van der Waals surface area contributed by atoms with Crippen molar-refractivity contribution >= 4 is 0 Å². The summed E-state index contributed by atoms with van der Waals surface area (Å²) in [6.07, 6.45) is 3.55. The molecule has 3 rings (SSSR count). The minimum atomic E-state index is -0.345. The van der Waals surface area contributed by atoms with Gasteiger partial charge >= 0.3 is 0 Å². The van der Waals surface area contributed by atoms with Gasteiger partial charge in [0.05, 0.1) is 6.10 Å². The summed E-state index contributed by atoms with van der Waals surface area (Å²) in [5, 5.41) is 9.95. The monoisotopic (exact) mass is 298 g/mol. The van der Waals surface area contributed by atoms with Crippen molar-refractivity contribution in [2.24, 2.45) is 0 Å². The van der Waals surface area contributed by atoms with E-state index in [1.54, 1.807) is 0 Å².